The number of pyridine rings is 1. The van der Waals surface area contributed by atoms with Crippen molar-refractivity contribution >= 4 is 57.5 Å². The number of rotatable bonds is 13. The van der Waals surface area contributed by atoms with Crippen LogP contribution in [0.15, 0.2) is 83.9 Å². The number of H-pyrrole nitrogens is 1. The van der Waals surface area contributed by atoms with Crippen molar-refractivity contribution in [3.05, 3.63) is 111 Å². The maximum Gasteiger partial charge on any atom is 0.274 e. The highest BCUT2D eigenvalue weighted by Gasteiger charge is 2.44. The number of nitrogens with zero attached hydrogens (tertiary/aromatic N) is 3. The van der Waals surface area contributed by atoms with Crippen LogP contribution in [0, 0.1) is 10.1 Å². The van der Waals surface area contributed by atoms with E-state index in [0.717, 1.165) is 17.7 Å². The molecule has 4 N–H and O–H groups in total. The number of carbonyl (C=O) groups is 5. The van der Waals surface area contributed by atoms with Gasteiger partial charge in [0.1, 0.15) is 23.1 Å². The molecule has 1 atom stereocenters. The minimum atomic E-state index is -1.02. The average Bonchev–Trinajstić information content (AvgIpc) is 3.75. The number of carbonyl (C=O) groups excluding carboxylic acids is 5. The number of benzene rings is 3. The molecule has 0 spiro atoms. The van der Waals surface area contributed by atoms with E-state index in [4.69, 9.17) is 4.74 Å². The number of unbranched alkanes of at least 4 members (excludes halogenated alkanes) is 2. The lowest BCUT2D eigenvalue weighted by atomic mass is 10.0. The van der Waals surface area contributed by atoms with Crippen molar-refractivity contribution in [3.8, 4) is 22.6 Å². The Labute approximate surface area is 312 Å². The number of piperidine rings is 1. The number of hydrogen-bond donors (Lipinski definition) is 4. The lowest BCUT2D eigenvalue weighted by Gasteiger charge is -2.27. The molecule has 2 aromatic heterocycles. The van der Waals surface area contributed by atoms with E-state index in [-0.39, 0.29) is 41.1 Å². The summed E-state index contributed by atoms with van der Waals surface area (Å²) in [5, 5.41) is 20.5. The Balaban J connectivity index is 0.890. The van der Waals surface area contributed by atoms with Crippen LogP contribution in [-0.2, 0) is 21.4 Å². The molecule has 0 saturated carbocycles. The van der Waals surface area contributed by atoms with Gasteiger partial charge in [-0.2, -0.15) is 0 Å². The Hall–Kier alpha value is -7.10. The maximum absolute atomic E-state index is 13.1. The molecule has 5 aromatic rings. The van der Waals surface area contributed by atoms with Crippen molar-refractivity contribution in [1.82, 2.24) is 19.8 Å². The molecule has 5 amide bonds. The molecule has 4 heterocycles. The van der Waals surface area contributed by atoms with Crippen molar-refractivity contribution < 1.29 is 33.6 Å². The van der Waals surface area contributed by atoms with E-state index in [2.05, 4.69) is 20.9 Å². The SMILES string of the molecule is Cn1cc(-c2cc([N+](=O)[O-])ccc2Oc2ccc(NC(=O)CCCCCNc3ccc4c(c3)C(=O)N(C3CCC(=O)NC3=O)C4=O)cc2)c2cc[nH]c2c1=O. The fraction of sp³-hybridized carbons (Fsp3) is 0.231. The third-order valence-electron chi connectivity index (χ3n) is 9.57. The summed E-state index contributed by atoms with van der Waals surface area (Å²) in [4.78, 5) is 90.0. The van der Waals surface area contributed by atoms with Gasteiger partial charge in [0, 0.05) is 78.8 Å². The standard InChI is InChI=1S/C39H35N7O9/c1-44-21-30(26-16-18-41-35(26)39(44)52)28-20-24(46(53)54)9-14-32(28)55-25-10-6-22(7-11-25)42-33(47)5-3-2-4-17-40-23-8-12-27-29(19-23)38(51)45(37(27)50)31-13-15-34(48)43-36(31)49/h6-12,14,16,18-21,31,40-41H,2-5,13,15,17H2,1H3,(H,42,47)(H,43,48,49). The number of anilines is 2. The van der Waals surface area contributed by atoms with Crippen molar-refractivity contribution in [2.75, 3.05) is 17.2 Å². The maximum atomic E-state index is 13.1. The Morgan fingerprint density at radius 3 is 2.42 bits per heavy atom. The number of fused-ring (bicyclic) bond motifs is 2. The first-order chi connectivity index (χ1) is 26.5. The van der Waals surface area contributed by atoms with Crippen LogP contribution >= 0.6 is 0 Å². The second-order valence-corrected chi connectivity index (χ2v) is 13.3. The lowest BCUT2D eigenvalue weighted by Crippen LogP contribution is -2.54. The Kier molecular flexibility index (Phi) is 9.96. The number of nitrogens with one attached hydrogen (secondary N) is 4. The van der Waals surface area contributed by atoms with Gasteiger partial charge in [-0.3, -0.25) is 49.1 Å². The topological polar surface area (TPSA) is 215 Å². The smallest absolute Gasteiger partial charge is 0.274 e. The number of imide groups is 2. The summed E-state index contributed by atoms with van der Waals surface area (Å²) in [5.41, 5.74) is 2.63. The van der Waals surface area contributed by atoms with Crippen LogP contribution in [0.5, 0.6) is 11.5 Å². The zero-order chi connectivity index (χ0) is 38.8. The van der Waals surface area contributed by atoms with Crippen LogP contribution in [0.2, 0.25) is 0 Å². The molecule has 16 nitrogen and oxygen atoms in total. The molecule has 1 fully saturated rings. The Morgan fingerprint density at radius 2 is 1.65 bits per heavy atom. The van der Waals surface area contributed by atoms with Crippen LogP contribution in [0.25, 0.3) is 22.0 Å². The van der Waals surface area contributed by atoms with E-state index in [1.807, 2.05) is 0 Å². The van der Waals surface area contributed by atoms with Gasteiger partial charge in [-0.05, 0) is 73.9 Å². The monoisotopic (exact) mass is 745 g/mol. The van der Waals surface area contributed by atoms with Gasteiger partial charge in [-0.25, -0.2) is 0 Å². The third-order valence-corrected chi connectivity index (χ3v) is 9.57. The summed E-state index contributed by atoms with van der Waals surface area (Å²) in [6.07, 6.45) is 5.81. The summed E-state index contributed by atoms with van der Waals surface area (Å²) >= 11 is 0. The van der Waals surface area contributed by atoms with Crippen LogP contribution < -0.4 is 26.2 Å². The molecular weight excluding hydrogens is 710 g/mol. The van der Waals surface area contributed by atoms with Gasteiger partial charge >= 0.3 is 0 Å². The molecule has 280 valence electrons. The zero-order valence-corrected chi connectivity index (χ0v) is 29.5. The first-order valence-electron chi connectivity index (χ1n) is 17.6. The number of aryl methyl sites for hydroxylation is 1. The van der Waals surface area contributed by atoms with Gasteiger partial charge in [0.2, 0.25) is 17.7 Å². The second-order valence-electron chi connectivity index (χ2n) is 13.3. The highest BCUT2D eigenvalue weighted by Crippen LogP contribution is 2.39. The number of nitro groups is 1. The van der Waals surface area contributed by atoms with Crippen molar-refractivity contribution in [2.45, 2.75) is 44.6 Å². The van der Waals surface area contributed by atoms with Crippen LogP contribution in [0.1, 0.15) is 59.2 Å². The lowest BCUT2D eigenvalue weighted by molar-refractivity contribution is -0.384. The Bertz CT molecular complexity index is 2450. The van der Waals surface area contributed by atoms with E-state index in [0.29, 0.717) is 64.3 Å². The molecule has 7 rings (SSSR count). The predicted molar refractivity (Wildman–Crippen MR) is 201 cm³/mol. The fourth-order valence-electron chi connectivity index (χ4n) is 6.77. The fourth-order valence-corrected chi connectivity index (χ4v) is 6.77. The van der Waals surface area contributed by atoms with E-state index in [9.17, 15) is 38.9 Å². The number of aromatic nitrogens is 2. The molecule has 1 saturated heterocycles. The van der Waals surface area contributed by atoms with Gasteiger partial charge in [-0.15, -0.1) is 0 Å². The first-order valence-corrected chi connectivity index (χ1v) is 17.6. The van der Waals surface area contributed by atoms with Gasteiger partial charge < -0.3 is 24.9 Å². The highest BCUT2D eigenvalue weighted by molar-refractivity contribution is 6.23. The summed E-state index contributed by atoms with van der Waals surface area (Å²) in [5.74, 6) is -1.60. The molecule has 1 unspecified atom stereocenters. The number of amides is 5. The summed E-state index contributed by atoms with van der Waals surface area (Å²) in [6.45, 7) is 0.565. The molecule has 2 aliphatic rings. The van der Waals surface area contributed by atoms with Crippen molar-refractivity contribution in [1.29, 1.82) is 0 Å². The number of non-ortho nitro benzene ring substituents is 1. The summed E-state index contributed by atoms with van der Waals surface area (Å²) in [6, 6.07) is 16.5. The Morgan fingerprint density at radius 1 is 0.891 bits per heavy atom. The number of ether oxygens (including phenoxy) is 1. The van der Waals surface area contributed by atoms with Crippen molar-refractivity contribution in [2.24, 2.45) is 7.05 Å². The average molecular weight is 746 g/mol. The molecule has 55 heavy (non-hydrogen) atoms. The predicted octanol–water partition coefficient (Wildman–Crippen LogP) is 5.25. The summed E-state index contributed by atoms with van der Waals surface area (Å²) < 4.78 is 7.56. The van der Waals surface area contributed by atoms with E-state index < -0.39 is 34.6 Å². The van der Waals surface area contributed by atoms with E-state index in [1.54, 1.807) is 68.0 Å². The quantitative estimate of drug-likeness (QED) is 0.0532. The zero-order valence-electron chi connectivity index (χ0n) is 29.5. The highest BCUT2D eigenvalue weighted by atomic mass is 16.6. The molecule has 0 bridgehead atoms. The third kappa shape index (κ3) is 7.42. The van der Waals surface area contributed by atoms with Crippen LogP contribution in [0.3, 0.4) is 0 Å². The van der Waals surface area contributed by atoms with Gasteiger partial charge in [0.15, 0.2) is 0 Å². The van der Waals surface area contributed by atoms with Crippen LogP contribution in [0.4, 0.5) is 17.1 Å². The second kappa shape index (κ2) is 15.1. The van der Waals surface area contributed by atoms with Gasteiger partial charge in [0.05, 0.1) is 16.1 Å². The molecule has 2 aliphatic heterocycles. The minimum Gasteiger partial charge on any atom is -0.457 e. The minimum absolute atomic E-state index is 0.0516. The van der Waals surface area contributed by atoms with Crippen LogP contribution in [-0.4, -0.2) is 61.5 Å². The number of aromatic amines is 1. The number of nitro benzene ring substituents is 1. The van der Waals surface area contributed by atoms with Crippen molar-refractivity contribution in [3.63, 3.8) is 0 Å². The van der Waals surface area contributed by atoms with E-state index in [1.165, 1.54) is 22.8 Å². The molecular formula is C39H35N7O9. The molecule has 16 heteroatoms. The van der Waals surface area contributed by atoms with Gasteiger partial charge in [-0.1, -0.05) is 6.42 Å². The first kappa shape index (κ1) is 36.3. The number of hydrogen-bond acceptors (Lipinski definition) is 10. The molecule has 3 aromatic carbocycles. The normalized spacial score (nSPS) is 15.2. The van der Waals surface area contributed by atoms with E-state index >= 15 is 0 Å². The largest absolute Gasteiger partial charge is 0.457 e. The summed E-state index contributed by atoms with van der Waals surface area (Å²) in [7, 11) is 1.60. The molecule has 0 radical (unpaired) electrons. The van der Waals surface area contributed by atoms with Gasteiger partial charge in [0.25, 0.3) is 23.1 Å². The molecule has 0 aliphatic carbocycles.